The number of hydrogen-bond donors (Lipinski definition) is 1. The van der Waals surface area contributed by atoms with E-state index in [9.17, 15) is 9.18 Å². The molecule has 148 valence electrons. The molecule has 3 rings (SSSR count). The zero-order valence-electron chi connectivity index (χ0n) is 15.8. The molecule has 0 unspecified atom stereocenters. The van der Waals surface area contributed by atoms with Crippen LogP contribution < -0.4 is 10.1 Å². The summed E-state index contributed by atoms with van der Waals surface area (Å²) in [6.07, 6.45) is 1.58. The summed E-state index contributed by atoms with van der Waals surface area (Å²) >= 11 is 1.29. The Hall–Kier alpha value is -2.81. The minimum atomic E-state index is -0.461. The second kappa shape index (κ2) is 8.92. The molecule has 1 amide bonds. The van der Waals surface area contributed by atoms with Gasteiger partial charge in [0, 0.05) is 6.54 Å². The lowest BCUT2D eigenvalue weighted by atomic mass is 10.1. The molecule has 0 aliphatic carbocycles. The van der Waals surface area contributed by atoms with Gasteiger partial charge >= 0.3 is 0 Å². The molecule has 7 nitrogen and oxygen atoms in total. The molecule has 0 spiro atoms. The van der Waals surface area contributed by atoms with Crippen molar-refractivity contribution in [2.75, 3.05) is 12.9 Å². The van der Waals surface area contributed by atoms with Crippen molar-refractivity contribution in [1.82, 2.24) is 20.1 Å². The van der Waals surface area contributed by atoms with E-state index in [1.165, 1.54) is 24.9 Å². The lowest BCUT2D eigenvalue weighted by Crippen LogP contribution is -2.28. The van der Waals surface area contributed by atoms with Crippen LogP contribution in [0.2, 0.25) is 0 Å². The number of carbonyl (C=O) groups excluding carboxylic acids is 1. The normalized spacial score (nSPS) is 12.0. The molecular weight excluding hydrogens is 383 g/mol. The molecule has 2 heterocycles. The third-order valence-corrected chi connectivity index (χ3v) is 5.13. The highest BCUT2D eigenvalue weighted by Crippen LogP contribution is 2.25. The Morgan fingerprint density at radius 1 is 1.39 bits per heavy atom. The Balaban J connectivity index is 1.61. The van der Waals surface area contributed by atoms with Gasteiger partial charge in [-0.3, -0.25) is 9.36 Å². The van der Waals surface area contributed by atoms with Crippen LogP contribution in [0.25, 0.3) is 11.6 Å². The Bertz CT molecular complexity index is 943. The van der Waals surface area contributed by atoms with Crippen LogP contribution in [-0.2, 0) is 11.3 Å². The molecule has 2 aromatic heterocycles. The molecule has 0 radical (unpaired) electrons. The Kier molecular flexibility index (Phi) is 6.35. The Morgan fingerprint density at radius 3 is 2.86 bits per heavy atom. The Labute approximate surface area is 166 Å². The number of nitrogens with zero attached hydrogens (tertiary/aromatic N) is 3. The second-order valence-corrected chi connectivity index (χ2v) is 6.94. The molecule has 0 fully saturated rings. The minimum Gasteiger partial charge on any atom is -0.494 e. The van der Waals surface area contributed by atoms with Crippen molar-refractivity contribution in [2.24, 2.45) is 0 Å². The van der Waals surface area contributed by atoms with Gasteiger partial charge in [-0.05, 0) is 43.7 Å². The first-order valence-electron chi connectivity index (χ1n) is 8.76. The van der Waals surface area contributed by atoms with Crippen LogP contribution in [0.1, 0.15) is 25.5 Å². The molecule has 1 aromatic carbocycles. The Morgan fingerprint density at radius 2 is 2.21 bits per heavy atom. The number of hydrogen-bond acceptors (Lipinski definition) is 6. The summed E-state index contributed by atoms with van der Waals surface area (Å²) in [7, 11) is 1.41. The summed E-state index contributed by atoms with van der Waals surface area (Å²) in [4.78, 5) is 12.3. The molecular formula is C19H21FN4O3S. The third kappa shape index (κ3) is 4.36. The highest BCUT2D eigenvalue weighted by atomic mass is 32.2. The van der Waals surface area contributed by atoms with Crippen molar-refractivity contribution in [3.63, 3.8) is 0 Å². The van der Waals surface area contributed by atoms with Crippen LogP contribution in [-0.4, -0.2) is 33.5 Å². The standard InChI is InChI=1S/C19H21FN4O3S/c1-4-24-18(16-6-5-9-27-16)22-23-19(24)28-11-17(25)21-12(2)13-7-8-15(26-3)14(20)10-13/h5-10,12H,4,11H2,1-3H3,(H,21,25)/t12-/m1/s1. The molecule has 0 saturated carbocycles. The lowest BCUT2D eigenvalue weighted by molar-refractivity contribution is -0.119. The highest BCUT2D eigenvalue weighted by Gasteiger charge is 2.17. The molecule has 0 bridgehead atoms. The number of rotatable bonds is 8. The average Bonchev–Trinajstić information content (AvgIpc) is 3.35. The van der Waals surface area contributed by atoms with Crippen LogP contribution in [0.5, 0.6) is 5.75 Å². The van der Waals surface area contributed by atoms with E-state index in [0.29, 0.717) is 28.8 Å². The van der Waals surface area contributed by atoms with Crippen LogP contribution in [0.3, 0.4) is 0 Å². The van der Waals surface area contributed by atoms with Gasteiger partial charge in [0.1, 0.15) is 0 Å². The van der Waals surface area contributed by atoms with Gasteiger partial charge in [-0.15, -0.1) is 10.2 Å². The minimum absolute atomic E-state index is 0.166. The molecule has 28 heavy (non-hydrogen) atoms. The average molecular weight is 404 g/mol. The number of thioether (sulfide) groups is 1. The van der Waals surface area contributed by atoms with E-state index in [1.807, 2.05) is 17.6 Å². The van der Waals surface area contributed by atoms with Crippen molar-refractivity contribution in [2.45, 2.75) is 31.6 Å². The van der Waals surface area contributed by atoms with E-state index >= 15 is 0 Å². The predicted molar refractivity (Wildman–Crippen MR) is 104 cm³/mol. The van der Waals surface area contributed by atoms with Gasteiger partial charge in [-0.1, -0.05) is 17.8 Å². The van der Waals surface area contributed by atoms with Gasteiger partial charge in [0.2, 0.25) is 5.91 Å². The summed E-state index contributed by atoms with van der Waals surface area (Å²) in [5.41, 5.74) is 0.661. The number of nitrogens with one attached hydrogen (secondary N) is 1. The number of carbonyl (C=O) groups is 1. The third-order valence-electron chi connectivity index (χ3n) is 4.16. The number of aromatic nitrogens is 3. The lowest BCUT2D eigenvalue weighted by Gasteiger charge is -2.15. The smallest absolute Gasteiger partial charge is 0.230 e. The topological polar surface area (TPSA) is 82.2 Å². The first-order chi connectivity index (χ1) is 13.5. The number of ether oxygens (including phenoxy) is 1. The number of halogens is 1. The van der Waals surface area contributed by atoms with E-state index in [1.54, 1.807) is 31.4 Å². The summed E-state index contributed by atoms with van der Waals surface area (Å²) < 4.78 is 26.0. The van der Waals surface area contributed by atoms with Crippen molar-refractivity contribution in [3.05, 3.63) is 48.0 Å². The summed E-state index contributed by atoms with van der Waals surface area (Å²) in [5, 5.41) is 11.8. The molecule has 1 N–H and O–H groups in total. The fraction of sp³-hybridized carbons (Fsp3) is 0.316. The van der Waals surface area contributed by atoms with Crippen LogP contribution in [0, 0.1) is 5.82 Å². The number of amides is 1. The number of benzene rings is 1. The van der Waals surface area contributed by atoms with Crippen LogP contribution >= 0.6 is 11.8 Å². The zero-order chi connectivity index (χ0) is 20.1. The highest BCUT2D eigenvalue weighted by molar-refractivity contribution is 7.99. The SMILES string of the molecule is CCn1c(SCC(=O)N[C@H](C)c2ccc(OC)c(F)c2)nnc1-c1ccco1. The van der Waals surface area contributed by atoms with Crippen LogP contribution in [0.4, 0.5) is 4.39 Å². The van der Waals surface area contributed by atoms with E-state index in [-0.39, 0.29) is 23.5 Å². The molecule has 0 saturated heterocycles. The van der Waals surface area contributed by atoms with Crippen molar-refractivity contribution in [1.29, 1.82) is 0 Å². The van der Waals surface area contributed by atoms with Crippen LogP contribution in [0.15, 0.2) is 46.2 Å². The molecule has 0 aliphatic heterocycles. The van der Waals surface area contributed by atoms with Gasteiger partial charge in [0.15, 0.2) is 28.3 Å². The maximum atomic E-state index is 13.9. The van der Waals surface area contributed by atoms with Crippen molar-refractivity contribution in [3.8, 4) is 17.3 Å². The van der Waals surface area contributed by atoms with Gasteiger partial charge in [0.25, 0.3) is 0 Å². The second-order valence-electron chi connectivity index (χ2n) is 6.00. The first-order valence-corrected chi connectivity index (χ1v) is 9.74. The van der Waals surface area contributed by atoms with Gasteiger partial charge < -0.3 is 14.5 Å². The maximum absolute atomic E-state index is 13.9. The molecule has 1 atom stereocenters. The van der Waals surface area contributed by atoms with Crippen molar-refractivity contribution >= 4 is 17.7 Å². The summed E-state index contributed by atoms with van der Waals surface area (Å²) in [5.74, 6) is 0.942. The van der Waals surface area contributed by atoms with Gasteiger partial charge in [-0.25, -0.2) is 4.39 Å². The van der Waals surface area contributed by atoms with Gasteiger partial charge in [0.05, 0.1) is 25.2 Å². The van der Waals surface area contributed by atoms with E-state index in [2.05, 4.69) is 15.5 Å². The first kappa shape index (κ1) is 19.9. The number of methoxy groups -OCH3 is 1. The molecule has 3 aromatic rings. The predicted octanol–water partition coefficient (Wildman–Crippen LogP) is 3.68. The largest absolute Gasteiger partial charge is 0.494 e. The summed E-state index contributed by atoms with van der Waals surface area (Å²) in [6, 6.07) is 7.89. The number of furan rings is 1. The maximum Gasteiger partial charge on any atom is 0.230 e. The van der Waals surface area contributed by atoms with Crippen molar-refractivity contribution < 1.29 is 18.3 Å². The monoisotopic (exact) mass is 404 g/mol. The molecule has 0 aliphatic rings. The van der Waals surface area contributed by atoms with E-state index in [0.717, 1.165) is 0 Å². The zero-order valence-corrected chi connectivity index (χ0v) is 16.6. The van der Waals surface area contributed by atoms with E-state index in [4.69, 9.17) is 9.15 Å². The fourth-order valence-corrected chi connectivity index (χ4v) is 3.53. The van der Waals surface area contributed by atoms with Gasteiger partial charge in [-0.2, -0.15) is 0 Å². The van der Waals surface area contributed by atoms with E-state index < -0.39 is 5.82 Å². The summed E-state index contributed by atoms with van der Waals surface area (Å²) in [6.45, 7) is 4.42. The molecule has 9 heteroatoms. The fourth-order valence-electron chi connectivity index (χ4n) is 2.72. The quantitative estimate of drug-likeness (QED) is 0.577.